The second-order valence-corrected chi connectivity index (χ2v) is 23.0. The third-order valence-corrected chi connectivity index (χ3v) is 16.8. The van der Waals surface area contributed by atoms with Crippen molar-refractivity contribution in [3.63, 3.8) is 0 Å². The maximum absolute atomic E-state index is 12.6. The summed E-state index contributed by atoms with van der Waals surface area (Å²) in [4.78, 5) is 132. The van der Waals surface area contributed by atoms with Gasteiger partial charge in [0, 0.05) is 24.5 Å². The first-order chi connectivity index (χ1) is 37.8. The van der Waals surface area contributed by atoms with E-state index in [1.807, 2.05) is 10.6 Å². The molecule has 5 aliphatic rings. The summed E-state index contributed by atoms with van der Waals surface area (Å²) in [5.74, 6) is -8.70. The zero-order valence-electron chi connectivity index (χ0n) is 46.4. The topological polar surface area (TPSA) is 349 Å². The second-order valence-electron chi connectivity index (χ2n) is 22.6. The monoisotopic (exact) mass is 1140 g/mol. The molecule has 0 bridgehead atoms. The molecule has 5 fully saturated rings. The number of hydrogen-bond acceptors (Lipinski definition) is 12. The van der Waals surface area contributed by atoms with Gasteiger partial charge in [-0.15, -0.1) is 0 Å². The van der Waals surface area contributed by atoms with Crippen molar-refractivity contribution in [2.24, 2.45) is 29.6 Å². The second kappa shape index (κ2) is 38.4. The van der Waals surface area contributed by atoms with Gasteiger partial charge >= 0.3 is 29.8 Å². The summed E-state index contributed by atoms with van der Waals surface area (Å²) in [6.07, 6.45) is 33.2. The van der Waals surface area contributed by atoms with Gasteiger partial charge in [-0.1, -0.05) is 161 Å². The molecule has 10 N–H and O–H groups in total. The Morgan fingerprint density at radius 3 is 0.937 bits per heavy atom. The third-order valence-electron chi connectivity index (χ3n) is 16.5. The summed E-state index contributed by atoms with van der Waals surface area (Å²) in [5, 5.41) is 56.6. The first-order valence-corrected chi connectivity index (χ1v) is 30.1. The van der Waals surface area contributed by atoms with Crippen LogP contribution in [-0.4, -0.2) is 127 Å². The van der Waals surface area contributed by atoms with E-state index in [0.717, 1.165) is 55.8 Å². The van der Waals surface area contributed by atoms with Crippen molar-refractivity contribution in [2.45, 2.75) is 255 Å². The van der Waals surface area contributed by atoms with E-state index in [4.69, 9.17) is 10.2 Å². The van der Waals surface area contributed by atoms with Crippen LogP contribution in [0.15, 0.2) is 0 Å². The van der Waals surface area contributed by atoms with Gasteiger partial charge in [0.25, 0.3) is 0 Å². The predicted octanol–water partition coefficient (Wildman–Crippen LogP) is 7.11. The predicted molar refractivity (Wildman–Crippen MR) is 296 cm³/mol. The fourth-order valence-corrected chi connectivity index (χ4v) is 12.3. The minimum Gasteiger partial charge on any atom is -0.481 e. The molecule has 21 nitrogen and oxygen atoms in total. The van der Waals surface area contributed by atoms with E-state index in [1.54, 1.807) is 56.7 Å². The van der Waals surface area contributed by atoms with Gasteiger partial charge in [0.1, 0.15) is 24.2 Å². The molecular formula is C57H93N5O16S. The Morgan fingerprint density at radius 2 is 0.633 bits per heavy atom. The highest BCUT2D eigenvalue weighted by Crippen LogP contribution is 2.39. The van der Waals surface area contributed by atoms with Crippen molar-refractivity contribution in [3.05, 3.63) is 0 Å². The lowest BCUT2D eigenvalue weighted by Gasteiger charge is -2.32. The van der Waals surface area contributed by atoms with E-state index in [-0.39, 0.29) is 36.2 Å². The standard InChI is InChI=1S/C33H49N5O16S.2C12H22/c39-23(22(16-55)38-29(46)17-8-4-3-5-9-17)10-6-1-2-7-11-24(40)34-18(30(47)48)12-25(41)35-19(31(49)50)13-26(42)36-20(32(51)52)14-27(43)37-21(33(53)54)15-28(44)45;2*1-3-7-11(8-4-1)12-9-5-2-6-10-12/h17-22,55H,1-16H2,(H,34,40)(H,35,41)(H,36,42)(H,37,43)(H,38,46)(H,44,45)(H,47,48)(H,49,50)(H,51,52)(H,53,54);2*11-12H,1-10H2. The molecule has 5 rings (SSSR count). The quantitative estimate of drug-likeness (QED) is 0.0263. The van der Waals surface area contributed by atoms with Crippen molar-refractivity contribution in [1.29, 1.82) is 0 Å². The first kappa shape index (κ1) is 68.0. The van der Waals surface area contributed by atoms with Gasteiger partial charge < -0.3 is 52.1 Å². The summed E-state index contributed by atoms with van der Waals surface area (Å²) in [6, 6.07) is -8.44. The minimum absolute atomic E-state index is 0.0965. The van der Waals surface area contributed by atoms with Crippen LogP contribution in [0.25, 0.3) is 0 Å². The third kappa shape index (κ3) is 28.1. The maximum Gasteiger partial charge on any atom is 0.326 e. The summed E-state index contributed by atoms with van der Waals surface area (Å²) >= 11 is 4.20. The lowest BCUT2D eigenvalue weighted by molar-refractivity contribution is -0.148. The zero-order chi connectivity index (χ0) is 58.1. The normalized spacial score (nSPS) is 19.6. The van der Waals surface area contributed by atoms with Crippen molar-refractivity contribution in [3.8, 4) is 0 Å². The molecule has 5 aliphatic carbocycles. The van der Waals surface area contributed by atoms with Gasteiger partial charge in [-0.3, -0.25) is 33.6 Å². The Kier molecular flexibility index (Phi) is 33.0. The number of nitrogens with one attached hydrogen (secondary N) is 5. The fourth-order valence-electron chi connectivity index (χ4n) is 12.0. The number of carbonyl (C=O) groups is 11. The number of aliphatic carboxylic acids is 5. The largest absolute Gasteiger partial charge is 0.481 e. The lowest BCUT2D eigenvalue weighted by atomic mass is 9.73. The fraction of sp³-hybridized carbons (Fsp3) is 0.807. The average Bonchev–Trinajstić information content (AvgIpc) is 3.43. The number of Topliss-reactive ketones (excluding diaryl/α,β-unsaturated/α-hetero) is 1. The number of hydrogen-bond donors (Lipinski definition) is 11. The first-order valence-electron chi connectivity index (χ1n) is 29.5. The van der Waals surface area contributed by atoms with Crippen LogP contribution in [0.5, 0.6) is 0 Å². The molecule has 5 atom stereocenters. The molecule has 5 amide bonds. The van der Waals surface area contributed by atoms with Gasteiger partial charge in [-0.25, -0.2) is 19.2 Å². The van der Waals surface area contributed by atoms with Crippen molar-refractivity contribution < 1.29 is 78.3 Å². The Morgan fingerprint density at radius 1 is 0.342 bits per heavy atom. The number of ketones is 1. The average molecular weight is 1140 g/mol. The molecule has 0 aliphatic heterocycles. The van der Waals surface area contributed by atoms with Crippen molar-refractivity contribution >= 4 is 77.8 Å². The molecule has 0 aromatic rings. The molecule has 5 unspecified atom stereocenters. The van der Waals surface area contributed by atoms with E-state index in [0.29, 0.717) is 25.7 Å². The highest BCUT2D eigenvalue weighted by molar-refractivity contribution is 7.80. The van der Waals surface area contributed by atoms with E-state index in [9.17, 15) is 68.1 Å². The Bertz CT molecular complexity index is 1900. The molecule has 0 spiro atoms. The molecule has 79 heavy (non-hydrogen) atoms. The van der Waals surface area contributed by atoms with Crippen LogP contribution in [-0.2, 0) is 52.7 Å². The van der Waals surface area contributed by atoms with E-state index in [2.05, 4.69) is 23.3 Å². The molecule has 0 radical (unpaired) electrons. The van der Waals surface area contributed by atoms with Gasteiger partial charge in [0.05, 0.1) is 31.7 Å². The summed E-state index contributed by atoms with van der Waals surface area (Å²) in [5.41, 5.74) is 0. The molecule has 0 saturated heterocycles. The molecule has 22 heteroatoms. The Balaban J connectivity index is 0.000000543. The van der Waals surface area contributed by atoms with Gasteiger partial charge in [-0.05, 0) is 49.4 Å². The number of thiol groups is 1. The number of unbranched alkanes of at least 4 members (excludes halogenated alkanes) is 3. The van der Waals surface area contributed by atoms with E-state index in [1.165, 1.54) is 77.0 Å². The summed E-state index contributed by atoms with van der Waals surface area (Å²) in [7, 11) is 0. The molecule has 0 heterocycles. The maximum atomic E-state index is 12.6. The van der Waals surface area contributed by atoms with E-state index >= 15 is 0 Å². The van der Waals surface area contributed by atoms with Crippen LogP contribution in [0.2, 0.25) is 0 Å². The van der Waals surface area contributed by atoms with Crippen molar-refractivity contribution in [2.75, 3.05) is 5.75 Å². The van der Waals surface area contributed by atoms with E-state index < -0.39 is 109 Å². The zero-order valence-corrected chi connectivity index (χ0v) is 47.3. The van der Waals surface area contributed by atoms with Gasteiger partial charge in [0.15, 0.2) is 5.78 Å². The summed E-state index contributed by atoms with van der Waals surface area (Å²) in [6.45, 7) is 0. The molecule has 448 valence electrons. The van der Waals surface area contributed by atoms with Crippen LogP contribution in [0.4, 0.5) is 0 Å². The number of rotatable bonds is 29. The smallest absolute Gasteiger partial charge is 0.326 e. The lowest BCUT2D eigenvalue weighted by Crippen LogP contribution is -2.51. The molecular weight excluding hydrogens is 1040 g/mol. The van der Waals surface area contributed by atoms with Crippen LogP contribution in [0, 0.1) is 29.6 Å². The van der Waals surface area contributed by atoms with Crippen LogP contribution in [0.3, 0.4) is 0 Å². The molecule has 0 aromatic heterocycles. The van der Waals surface area contributed by atoms with Gasteiger partial charge in [0.2, 0.25) is 29.5 Å². The molecule has 0 aromatic carbocycles. The highest BCUT2D eigenvalue weighted by Gasteiger charge is 2.33. The van der Waals surface area contributed by atoms with Crippen LogP contribution in [0.1, 0.15) is 225 Å². The van der Waals surface area contributed by atoms with Gasteiger partial charge in [-0.2, -0.15) is 12.6 Å². The number of carbonyl (C=O) groups excluding carboxylic acids is 6. The van der Waals surface area contributed by atoms with Crippen LogP contribution >= 0.6 is 12.6 Å². The number of carboxylic acid groups (broad SMARTS) is 5. The number of amides is 5. The van der Waals surface area contributed by atoms with Crippen molar-refractivity contribution in [1.82, 2.24) is 26.6 Å². The number of carboxylic acids is 5. The SMILES string of the molecule is C1CCC(C2CCCCC2)CC1.C1CCC(C2CCCCC2)CC1.O=C(O)CC(NC(=O)CC(NC(=O)CC(NC(=O)CC(NC(=O)CCCCCCC(=O)C(CS)NC(=O)C1CCCCC1)C(=O)O)C(=O)O)C(=O)O)C(=O)O. The highest BCUT2D eigenvalue weighted by atomic mass is 32.1. The minimum atomic E-state index is -2.03. The van der Waals surface area contributed by atoms with Crippen LogP contribution < -0.4 is 26.6 Å². The molecule has 5 saturated carbocycles. The summed E-state index contributed by atoms with van der Waals surface area (Å²) < 4.78 is 0. The Hall–Kier alpha value is -5.28. The Labute approximate surface area is 471 Å².